The molecule has 0 spiro atoms. The van der Waals surface area contributed by atoms with Gasteiger partial charge in [0, 0.05) is 15.5 Å². The first-order valence-electron chi connectivity index (χ1n) is 5.97. The molecule has 0 radical (unpaired) electrons. The second-order valence-electron chi connectivity index (χ2n) is 4.15. The number of aliphatic hydroxyl groups is 1. The van der Waals surface area contributed by atoms with Gasteiger partial charge < -0.3 is 15.2 Å². The molecule has 0 saturated heterocycles. The van der Waals surface area contributed by atoms with Crippen molar-refractivity contribution in [2.75, 3.05) is 18.5 Å². The van der Waals surface area contributed by atoms with Crippen molar-refractivity contribution < 1.29 is 14.6 Å². The van der Waals surface area contributed by atoms with Crippen LogP contribution in [0.3, 0.4) is 0 Å². The van der Waals surface area contributed by atoms with E-state index >= 15 is 0 Å². The molecule has 106 valence electrons. The van der Waals surface area contributed by atoms with Crippen LogP contribution in [0, 0.1) is 6.92 Å². The largest absolute Gasteiger partial charge is 0.466 e. The summed E-state index contributed by atoms with van der Waals surface area (Å²) in [6, 6.07) is 3.95. The zero-order chi connectivity index (χ0) is 14.4. The first-order chi connectivity index (χ1) is 8.93. The van der Waals surface area contributed by atoms with Crippen LogP contribution in [-0.2, 0) is 9.53 Å². The Kier molecular flexibility index (Phi) is 6.82. The number of nitrogens with one attached hydrogen (secondary N) is 1. The fraction of sp³-hybridized carbons (Fsp3) is 0.462. The average Bonchev–Trinajstić information content (AvgIpc) is 2.27. The minimum absolute atomic E-state index is 0.0120. The van der Waals surface area contributed by atoms with Gasteiger partial charge in [-0.15, -0.1) is 0 Å². The van der Waals surface area contributed by atoms with Crippen molar-refractivity contribution in [2.45, 2.75) is 26.4 Å². The number of halogens is 2. The molecular formula is C13H17Br2NO3. The first kappa shape index (κ1) is 16.5. The summed E-state index contributed by atoms with van der Waals surface area (Å²) in [4.78, 5) is 11.2. The zero-order valence-electron chi connectivity index (χ0n) is 10.9. The van der Waals surface area contributed by atoms with Crippen molar-refractivity contribution in [2.24, 2.45) is 0 Å². The number of hydrogen-bond donors (Lipinski definition) is 2. The number of carbonyl (C=O) groups excluding carboxylic acids is 1. The number of esters is 1. The minimum Gasteiger partial charge on any atom is -0.466 e. The SMILES string of the molecule is CCOC(=O)CC(O)CNc1c(Br)cc(C)cc1Br. The van der Waals surface area contributed by atoms with Crippen molar-refractivity contribution in [3.05, 3.63) is 26.6 Å². The molecule has 0 bridgehead atoms. The summed E-state index contributed by atoms with van der Waals surface area (Å²) in [5, 5.41) is 12.9. The fourth-order valence-electron chi connectivity index (χ4n) is 1.57. The Bertz CT molecular complexity index is 429. The molecule has 1 aromatic carbocycles. The number of anilines is 1. The topological polar surface area (TPSA) is 58.6 Å². The van der Waals surface area contributed by atoms with Crippen LogP contribution in [0.4, 0.5) is 5.69 Å². The molecule has 1 aromatic rings. The van der Waals surface area contributed by atoms with E-state index in [4.69, 9.17) is 4.74 Å². The maximum absolute atomic E-state index is 11.2. The molecule has 0 aliphatic heterocycles. The molecule has 2 N–H and O–H groups in total. The van der Waals surface area contributed by atoms with Crippen molar-refractivity contribution in [1.82, 2.24) is 0 Å². The van der Waals surface area contributed by atoms with Crippen LogP contribution in [0.2, 0.25) is 0 Å². The van der Waals surface area contributed by atoms with Gasteiger partial charge in [0.05, 0.1) is 24.8 Å². The lowest BCUT2D eigenvalue weighted by Crippen LogP contribution is -2.24. The monoisotopic (exact) mass is 393 g/mol. The molecule has 0 fully saturated rings. The quantitative estimate of drug-likeness (QED) is 0.727. The van der Waals surface area contributed by atoms with Crippen LogP contribution >= 0.6 is 31.9 Å². The summed E-state index contributed by atoms with van der Waals surface area (Å²) < 4.78 is 6.59. The second kappa shape index (κ2) is 7.87. The molecule has 0 amide bonds. The number of hydrogen-bond acceptors (Lipinski definition) is 4. The number of benzene rings is 1. The molecule has 1 rings (SSSR count). The molecule has 0 aliphatic carbocycles. The van der Waals surface area contributed by atoms with Gasteiger partial charge in [0.2, 0.25) is 0 Å². The summed E-state index contributed by atoms with van der Waals surface area (Å²) in [6.07, 6.45) is -0.791. The zero-order valence-corrected chi connectivity index (χ0v) is 14.0. The molecule has 1 atom stereocenters. The van der Waals surface area contributed by atoms with Crippen molar-refractivity contribution in [3.63, 3.8) is 0 Å². The maximum Gasteiger partial charge on any atom is 0.308 e. The predicted molar refractivity (Wildman–Crippen MR) is 82.3 cm³/mol. The summed E-state index contributed by atoms with van der Waals surface area (Å²) in [6.45, 7) is 4.34. The number of rotatable bonds is 6. The normalized spacial score (nSPS) is 12.1. The predicted octanol–water partition coefficient (Wildman–Crippen LogP) is 3.25. The van der Waals surface area contributed by atoms with Gasteiger partial charge in [0.1, 0.15) is 0 Å². The summed E-state index contributed by atoms with van der Waals surface area (Å²) in [5.74, 6) is -0.390. The molecule has 0 aromatic heterocycles. The molecule has 0 saturated carbocycles. The smallest absolute Gasteiger partial charge is 0.308 e. The van der Waals surface area contributed by atoms with E-state index < -0.39 is 6.10 Å². The van der Waals surface area contributed by atoms with E-state index in [0.29, 0.717) is 6.61 Å². The molecule has 4 nitrogen and oxygen atoms in total. The molecule has 19 heavy (non-hydrogen) atoms. The van der Waals surface area contributed by atoms with Gasteiger partial charge in [-0.1, -0.05) is 0 Å². The summed E-state index contributed by atoms with van der Waals surface area (Å²) in [7, 11) is 0. The third kappa shape index (κ3) is 5.50. The highest BCUT2D eigenvalue weighted by atomic mass is 79.9. The van der Waals surface area contributed by atoms with E-state index in [9.17, 15) is 9.90 Å². The number of aliphatic hydroxyl groups excluding tert-OH is 1. The Morgan fingerprint density at radius 1 is 1.42 bits per heavy atom. The van der Waals surface area contributed by atoms with Crippen molar-refractivity contribution in [1.29, 1.82) is 0 Å². The van der Waals surface area contributed by atoms with Gasteiger partial charge in [-0.2, -0.15) is 0 Å². The molecule has 0 heterocycles. The molecule has 1 unspecified atom stereocenters. The maximum atomic E-state index is 11.2. The van der Waals surface area contributed by atoms with Gasteiger partial charge in [-0.05, 0) is 63.4 Å². The van der Waals surface area contributed by atoms with Gasteiger partial charge in [0.25, 0.3) is 0 Å². The van der Waals surface area contributed by atoms with Crippen LogP contribution in [0.1, 0.15) is 18.9 Å². The van der Waals surface area contributed by atoms with E-state index in [1.165, 1.54) is 0 Å². The van der Waals surface area contributed by atoms with Gasteiger partial charge in [-0.3, -0.25) is 4.79 Å². The van der Waals surface area contributed by atoms with E-state index in [1.54, 1.807) is 6.92 Å². The lowest BCUT2D eigenvalue weighted by Gasteiger charge is -2.15. The van der Waals surface area contributed by atoms with E-state index in [-0.39, 0.29) is 18.9 Å². The third-order valence-corrected chi connectivity index (χ3v) is 3.66. The van der Waals surface area contributed by atoms with Crippen LogP contribution in [0.25, 0.3) is 0 Å². The van der Waals surface area contributed by atoms with Crippen molar-refractivity contribution in [3.8, 4) is 0 Å². The average molecular weight is 395 g/mol. The standard InChI is InChI=1S/C13H17Br2NO3/c1-3-19-12(18)6-9(17)7-16-13-10(14)4-8(2)5-11(13)15/h4-5,9,16-17H,3,6-7H2,1-2H3. The van der Waals surface area contributed by atoms with Gasteiger partial charge in [0.15, 0.2) is 0 Å². The summed E-state index contributed by atoms with van der Waals surface area (Å²) >= 11 is 6.92. The Balaban J connectivity index is 2.55. The van der Waals surface area contributed by atoms with E-state index in [2.05, 4.69) is 37.2 Å². The second-order valence-corrected chi connectivity index (χ2v) is 5.86. The van der Waals surface area contributed by atoms with Crippen LogP contribution in [-0.4, -0.2) is 30.3 Å². The van der Waals surface area contributed by atoms with E-state index in [1.807, 2.05) is 19.1 Å². The lowest BCUT2D eigenvalue weighted by atomic mass is 10.2. The Hall–Kier alpha value is -0.590. The Labute approximate surface area is 129 Å². The van der Waals surface area contributed by atoms with Crippen molar-refractivity contribution >= 4 is 43.5 Å². The number of ether oxygens (including phenoxy) is 1. The number of carbonyl (C=O) groups is 1. The summed E-state index contributed by atoms with van der Waals surface area (Å²) in [5.41, 5.74) is 1.98. The van der Waals surface area contributed by atoms with Crippen LogP contribution in [0.15, 0.2) is 21.1 Å². The molecule has 6 heteroatoms. The Morgan fingerprint density at radius 2 is 2.00 bits per heavy atom. The van der Waals surface area contributed by atoms with Gasteiger partial charge >= 0.3 is 5.97 Å². The van der Waals surface area contributed by atoms with Crippen LogP contribution < -0.4 is 5.32 Å². The fourth-order valence-corrected chi connectivity index (χ4v) is 3.27. The highest BCUT2D eigenvalue weighted by Gasteiger charge is 2.13. The molecule has 0 aliphatic rings. The Morgan fingerprint density at radius 3 is 2.53 bits per heavy atom. The highest BCUT2D eigenvalue weighted by Crippen LogP contribution is 2.32. The minimum atomic E-state index is -0.779. The third-order valence-electron chi connectivity index (χ3n) is 2.41. The van der Waals surface area contributed by atoms with Crippen LogP contribution in [0.5, 0.6) is 0 Å². The molecular weight excluding hydrogens is 378 g/mol. The lowest BCUT2D eigenvalue weighted by molar-refractivity contribution is -0.145. The first-order valence-corrected chi connectivity index (χ1v) is 7.55. The number of aryl methyl sites for hydroxylation is 1. The van der Waals surface area contributed by atoms with Gasteiger partial charge in [-0.25, -0.2) is 0 Å². The van der Waals surface area contributed by atoms with E-state index in [0.717, 1.165) is 20.2 Å². The highest BCUT2D eigenvalue weighted by molar-refractivity contribution is 9.11.